The molecule has 0 aromatic carbocycles. The van der Waals surface area contributed by atoms with Crippen LogP contribution in [-0.4, -0.2) is 51.6 Å². The molecule has 0 radical (unpaired) electrons. The monoisotopic (exact) mass is 266 g/mol. The fourth-order valence-electron chi connectivity index (χ4n) is 1.89. The number of likely N-dealkylation sites (N-methyl/N-ethyl adjacent to an activating group) is 1. The third kappa shape index (κ3) is 5.21. The molecule has 0 saturated carbocycles. The number of carboxylic acids is 1. The molecule has 0 bridgehead atoms. The van der Waals surface area contributed by atoms with Gasteiger partial charge in [0.25, 0.3) is 0 Å². The van der Waals surface area contributed by atoms with Gasteiger partial charge < -0.3 is 15.3 Å². The second-order valence-electron chi connectivity index (χ2n) is 4.53. The Bertz CT molecular complexity index is 394. The van der Waals surface area contributed by atoms with E-state index in [0.717, 1.165) is 26.1 Å². The van der Waals surface area contributed by atoms with E-state index in [1.54, 1.807) is 0 Å². The minimum Gasteiger partial charge on any atom is -0.476 e. The standard InChI is InChI=1S/C13H22N4O2/c1-4-6-17(5-2)9-10(3)16-12-8-14-11(7-15-12)13(18)19/h7-8,10H,4-6,9H2,1-3H3,(H,15,16)(H,18,19)/t10-/m0/s1. The van der Waals surface area contributed by atoms with E-state index in [4.69, 9.17) is 5.11 Å². The van der Waals surface area contributed by atoms with E-state index in [-0.39, 0.29) is 11.7 Å². The molecule has 0 fully saturated rings. The van der Waals surface area contributed by atoms with Gasteiger partial charge in [0.15, 0.2) is 5.69 Å². The number of hydrogen-bond donors (Lipinski definition) is 2. The average molecular weight is 266 g/mol. The lowest BCUT2D eigenvalue weighted by Gasteiger charge is -2.24. The van der Waals surface area contributed by atoms with Gasteiger partial charge in [-0.25, -0.2) is 14.8 Å². The molecule has 2 N–H and O–H groups in total. The topological polar surface area (TPSA) is 78.4 Å². The Morgan fingerprint density at radius 1 is 1.42 bits per heavy atom. The van der Waals surface area contributed by atoms with Crippen molar-refractivity contribution in [2.45, 2.75) is 33.2 Å². The Hall–Kier alpha value is -1.69. The summed E-state index contributed by atoms with van der Waals surface area (Å²) in [6.45, 7) is 9.40. The van der Waals surface area contributed by atoms with Crippen molar-refractivity contribution in [3.05, 3.63) is 18.1 Å². The molecule has 1 aromatic rings. The molecular formula is C13H22N4O2. The van der Waals surface area contributed by atoms with Crippen molar-refractivity contribution in [3.63, 3.8) is 0 Å². The van der Waals surface area contributed by atoms with Crippen molar-refractivity contribution in [1.29, 1.82) is 0 Å². The molecule has 106 valence electrons. The molecule has 6 heteroatoms. The molecule has 0 aliphatic heterocycles. The Kier molecular flexibility index (Phi) is 6.21. The van der Waals surface area contributed by atoms with E-state index < -0.39 is 5.97 Å². The molecule has 0 aliphatic rings. The highest BCUT2D eigenvalue weighted by Crippen LogP contribution is 2.05. The van der Waals surface area contributed by atoms with Crippen LogP contribution in [0.15, 0.2) is 12.4 Å². The number of anilines is 1. The van der Waals surface area contributed by atoms with Gasteiger partial charge in [-0.15, -0.1) is 0 Å². The van der Waals surface area contributed by atoms with Gasteiger partial charge in [-0.2, -0.15) is 0 Å². The van der Waals surface area contributed by atoms with Crippen LogP contribution in [0, 0.1) is 0 Å². The van der Waals surface area contributed by atoms with Crippen molar-refractivity contribution in [2.75, 3.05) is 25.0 Å². The summed E-state index contributed by atoms with van der Waals surface area (Å²) in [6.07, 6.45) is 3.85. The maximum Gasteiger partial charge on any atom is 0.356 e. The summed E-state index contributed by atoms with van der Waals surface area (Å²) in [5.41, 5.74) is -0.0422. The molecule has 19 heavy (non-hydrogen) atoms. The zero-order valence-electron chi connectivity index (χ0n) is 11.8. The van der Waals surface area contributed by atoms with E-state index in [2.05, 4.69) is 41.0 Å². The number of aromatic nitrogens is 2. The van der Waals surface area contributed by atoms with Gasteiger partial charge in [0.2, 0.25) is 0 Å². The number of rotatable bonds is 8. The van der Waals surface area contributed by atoms with Crippen LogP contribution in [0.4, 0.5) is 5.82 Å². The molecule has 1 aromatic heterocycles. The second-order valence-corrected chi connectivity index (χ2v) is 4.53. The smallest absolute Gasteiger partial charge is 0.356 e. The first-order chi connectivity index (χ1) is 9.06. The summed E-state index contributed by atoms with van der Waals surface area (Å²) in [6, 6.07) is 0.233. The lowest BCUT2D eigenvalue weighted by molar-refractivity contribution is 0.0690. The van der Waals surface area contributed by atoms with Crippen LogP contribution in [0.2, 0.25) is 0 Å². The van der Waals surface area contributed by atoms with Gasteiger partial charge in [-0.3, -0.25) is 0 Å². The first-order valence-electron chi connectivity index (χ1n) is 6.61. The van der Waals surface area contributed by atoms with Gasteiger partial charge >= 0.3 is 5.97 Å². The number of nitrogens with one attached hydrogen (secondary N) is 1. The molecule has 0 aliphatic carbocycles. The predicted octanol–water partition coefficient (Wildman–Crippen LogP) is 1.71. The fourth-order valence-corrected chi connectivity index (χ4v) is 1.89. The van der Waals surface area contributed by atoms with Crippen molar-refractivity contribution in [2.24, 2.45) is 0 Å². The van der Waals surface area contributed by atoms with Crippen LogP contribution in [0.1, 0.15) is 37.7 Å². The average Bonchev–Trinajstić information content (AvgIpc) is 2.38. The zero-order valence-corrected chi connectivity index (χ0v) is 11.8. The van der Waals surface area contributed by atoms with Gasteiger partial charge in [0.05, 0.1) is 12.4 Å². The van der Waals surface area contributed by atoms with Gasteiger partial charge in [-0.1, -0.05) is 13.8 Å². The number of carbonyl (C=O) groups is 1. The Balaban J connectivity index is 2.51. The van der Waals surface area contributed by atoms with E-state index in [9.17, 15) is 4.79 Å². The van der Waals surface area contributed by atoms with Crippen molar-refractivity contribution in [1.82, 2.24) is 14.9 Å². The minimum absolute atomic E-state index is 0.0422. The van der Waals surface area contributed by atoms with Crippen LogP contribution in [0.5, 0.6) is 0 Å². The van der Waals surface area contributed by atoms with E-state index >= 15 is 0 Å². The highest BCUT2D eigenvalue weighted by Gasteiger charge is 2.09. The lowest BCUT2D eigenvalue weighted by Crippen LogP contribution is -2.35. The molecule has 0 spiro atoms. The first-order valence-corrected chi connectivity index (χ1v) is 6.61. The van der Waals surface area contributed by atoms with Crippen LogP contribution in [-0.2, 0) is 0 Å². The SMILES string of the molecule is CCCN(CC)C[C@H](C)Nc1cnc(C(=O)O)cn1. The highest BCUT2D eigenvalue weighted by atomic mass is 16.4. The van der Waals surface area contributed by atoms with Gasteiger partial charge in [-0.05, 0) is 26.4 Å². The number of nitrogens with zero attached hydrogens (tertiary/aromatic N) is 3. The molecule has 0 unspecified atom stereocenters. The summed E-state index contributed by atoms with van der Waals surface area (Å²) in [5, 5.41) is 12.0. The number of hydrogen-bond acceptors (Lipinski definition) is 5. The summed E-state index contributed by atoms with van der Waals surface area (Å²) < 4.78 is 0. The van der Waals surface area contributed by atoms with Crippen LogP contribution < -0.4 is 5.32 Å². The first kappa shape index (κ1) is 15.4. The highest BCUT2D eigenvalue weighted by molar-refractivity contribution is 5.84. The largest absolute Gasteiger partial charge is 0.476 e. The molecule has 0 saturated heterocycles. The van der Waals surface area contributed by atoms with Crippen LogP contribution in [0.25, 0.3) is 0 Å². The third-order valence-corrected chi connectivity index (χ3v) is 2.78. The van der Waals surface area contributed by atoms with Crippen LogP contribution in [0.3, 0.4) is 0 Å². The minimum atomic E-state index is -1.06. The van der Waals surface area contributed by atoms with E-state index in [1.165, 1.54) is 12.4 Å². The summed E-state index contributed by atoms with van der Waals surface area (Å²) >= 11 is 0. The number of aromatic carboxylic acids is 1. The van der Waals surface area contributed by atoms with E-state index in [0.29, 0.717) is 5.82 Å². The zero-order chi connectivity index (χ0) is 14.3. The maximum absolute atomic E-state index is 10.7. The summed E-state index contributed by atoms with van der Waals surface area (Å²) in [5.74, 6) is -0.461. The summed E-state index contributed by atoms with van der Waals surface area (Å²) in [4.78, 5) is 20.9. The van der Waals surface area contributed by atoms with Crippen molar-refractivity contribution >= 4 is 11.8 Å². The van der Waals surface area contributed by atoms with E-state index in [1.807, 2.05) is 0 Å². The van der Waals surface area contributed by atoms with Crippen molar-refractivity contribution in [3.8, 4) is 0 Å². The van der Waals surface area contributed by atoms with Crippen molar-refractivity contribution < 1.29 is 9.90 Å². The Morgan fingerprint density at radius 2 is 2.16 bits per heavy atom. The number of carboxylic acid groups (broad SMARTS) is 1. The normalized spacial score (nSPS) is 12.4. The molecule has 1 atom stereocenters. The lowest BCUT2D eigenvalue weighted by atomic mass is 10.3. The molecule has 1 heterocycles. The van der Waals surface area contributed by atoms with Crippen LogP contribution >= 0.6 is 0 Å². The second kappa shape index (κ2) is 7.68. The predicted molar refractivity (Wildman–Crippen MR) is 74.5 cm³/mol. The molecule has 6 nitrogen and oxygen atoms in total. The van der Waals surface area contributed by atoms with Gasteiger partial charge in [0.1, 0.15) is 5.82 Å². The third-order valence-electron chi connectivity index (χ3n) is 2.78. The summed E-state index contributed by atoms with van der Waals surface area (Å²) in [7, 11) is 0. The molecule has 1 rings (SSSR count). The Morgan fingerprint density at radius 3 is 2.63 bits per heavy atom. The van der Waals surface area contributed by atoms with Gasteiger partial charge in [0, 0.05) is 12.6 Å². The Labute approximate surface area is 113 Å². The maximum atomic E-state index is 10.7. The molecule has 0 amide bonds. The quantitative estimate of drug-likeness (QED) is 0.745. The molecular weight excluding hydrogens is 244 g/mol. The fraction of sp³-hybridized carbons (Fsp3) is 0.615.